The lowest BCUT2D eigenvalue weighted by Gasteiger charge is -2.37. The van der Waals surface area contributed by atoms with E-state index in [0.717, 1.165) is 35.3 Å². The van der Waals surface area contributed by atoms with Gasteiger partial charge in [-0.05, 0) is 58.9 Å². The molecule has 20 heavy (non-hydrogen) atoms. The van der Waals surface area contributed by atoms with E-state index in [1.54, 1.807) is 23.3 Å². The second-order valence-electron chi connectivity index (χ2n) is 4.87. The first-order valence-electron chi connectivity index (χ1n) is 6.32. The summed E-state index contributed by atoms with van der Waals surface area (Å²) >= 11 is 5.08. The SMILES string of the molecule is COC1(C(=O)N(C)Cc2csc(Br)c2)CCNCC1.Cl. The minimum Gasteiger partial charge on any atom is -0.368 e. The van der Waals surface area contributed by atoms with E-state index in [1.165, 1.54) is 0 Å². The van der Waals surface area contributed by atoms with Crippen LogP contribution in [-0.4, -0.2) is 43.7 Å². The highest BCUT2D eigenvalue weighted by Crippen LogP contribution is 2.26. The van der Waals surface area contributed by atoms with Crippen LogP contribution in [0.4, 0.5) is 0 Å². The first-order chi connectivity index (χ1) is 9.07. The monoisotopic (exact) mass is 382 g/mol. The van der Waals surface area contributed by atoms with Gasteiger partial charge in [0.05, 0.1) is 3.79 Å². The zero-order valence-electron chi connectivity index (χ0n) is 11.6. The number of carbonyl (C=O) groups excluding carboxylic acids is 1. The Hall–Kier alpha value is -0.140. The third kappa shape index (κ3) is 3.95. The first kappa shape index (κ1) is 17.9. The number of nitrogens with zero attached hydrogens (tertiary/aromatic N) is 1. The highest BCUT2D eigenvalue weighted by atomic mass is 79.9. The average molecular weight is 384 g/mol. The van der Waals surface area contributed by atoms with Crippen LogP contribution in [0.25, 0.3) is 0 Å². The summed E-state index contributed by atoms with van der Waals surface area (Å²) in [5.74, 6) is 0.0822. The van der Waals surface area contributed by atoms with Gasteiger partial charge in [-0.15, -0.1) is 23.7 Å². The van der Waals surface area contributed by atoms with Crippen LogP contribution in [0.5, 0.6) is 0 Å². The van der Waals surface area contributed by atoms with Gasteiger partial charge >= 0.3 is 0 Å². The van der Waals surface area contributed by atoms with E-state index >= 15 is 0 Å². The van der Waals surface area contributed by atoms with Crippen molar-refractivity contribution in [2.24, 2.45) is 0 Å². The van der Waals surface area contributed by atoms with E-state index in [4.69, 9.17) is 4.74 Å². The summed E-state index contributed by atoms with van der Waals surface area (Å²) in [6.07, 6.45) is 1.47. The van der Waals surface area contributed by atoms with Crippen LogP contribution >= 0.6 is 39.7 Å². The molecule has 0 saturated carbocycles. The zero-order valence-corrected chi connectivity index (χ0v) is 14.9. The lowest BCUT2D eigenvalue weighted by molar-refractivity contribution is -0.157. The fourth-order valence-corrected chi connectivity index (χ4v) is 3.66. The molecule has 0 unspecified atom stereocenters. The van der Waals surface area contributed by atoms with Gasteiger partial charge in [0.1, 0.15) is 5.60 Å². The Morgan fingerprint density at radius 2 is 2.20 bits per heavy atom. The Balaban J connectivity index is 0.00000200. The molecule has 1 aliphatic rings. The standard InChI is InChI=1S/C13H19BrN2O2S.ClH/c1-16(8-10-7-11(14)19-9-10)12(17)13(18-2)3-5-15-6-4-13;/h7,9,15H,3-6,8H2,1-2H3;1H. The zero-order chi connectivity index (χ0) is 13.9. The van der Waals surface area contributed by atoms with E-state index in [-0.39, 0.29) is 18.3 Å². The van der Waals surface area contributed by atoms with Crippen LogP contribution in [0.15, 0.2) is 15.2 Å². The Morgan fingerprint density at radius 1 is 1.55 bits per heavy atom. The van der Waals surface area contributed by atoms with Crippen LogP contribution in [-0.2, 0) is 16.1 Å². The molecule has 1 N–H and O–H groups in total. The smallest absolute Gasteiger partial charge is 0.254 e. The van der Waals surface area contributed by atoms with Gasteiger partial charge in [0.25, 0.3) is 5.91 Å². The Morgan fingerprint density at radius 3 is 2.70 bits per heavy atom. The largest absolute Gasteiger partial charge is 0.368 e. The number of hydrogen-bond acceptors (Lipinski definition) is 4. The van der Waals surface area contributed by atoms with Crippen molar-refractivity contribution >= 4 is 45.6 Å². The van der Waals surface area contributed by atoms with Crippen molar-refractivity contribution in [3.8, 4) is 0 Å². The van der Waals surface area contributed by atoms with Crippen LogP contribution in [0.2, 0.25) is 0 Å². The predicted molar refractivity (Wildman–Crippen MR) is 87.6 cm³/mol. The number of methoxy groups -OCH3 is 1. The number of nitrogens with one attached hydrogen (secondary N) is 1. The molecule has 2 rings (SSSR count). The number of hydrogen-bond donors (Lipinski definition) is 1. The molecule has 1 saturated heterocycles. The number of thiophene rings is 1. The van der Waals surface area contributed by atoms with Crippen molar-refractivity contribution in [1.82, 2.24) is 10.2 Å². The number of rotatable bonds is 4. The van der Waals surface area contributed by atoms with E-state index in [9.17, 15) is 4.79 Å². The van der Waals surface area contributed by atoms with Gasteiger partial charge in [0, 0.05) is 20.7 Å². The maximum absolute atomic E-state index is 12.6. The molecule has 4 nitrogen and oxygen atoms in total. The quantitative estimate of drug-likeness (QED) is 0.869. The molecule has 0 atom stereocenters. The van der Waals surface area contributed by atoms with Crippen molar-refractivity contribution in [2.45, 2.75) is 25.0 Å². The highest BCUT2D eigenvalue weighted by Gasteiger charge is 2.41. The lowest BCUT2D eigenvalue weighted by atomic mass is 9.90. The van der Waals surface area contributed by atoms with Gasteiger partial charge in [-0.2, -0.15) is 0 Å². The molecular formula is C13H20BrClN2O2S. The summed E-state index contributed by atoms with van der Waals surface area (Å²) in [4.78, 5) is 14.4. The van der Waals surface area contributed by atoms with Crippen LogP contribution in [0.3, 0.4) is 0 Å². The summed E-state index contributed by atoms with van der Waals surface area (Å²) in [5, 5.41) is 5.33. The summed E-state index contributed by atoms with van der Waals surface area (Å²) < 4.78 is 6.66. The molecule has 1 amide bonds. The maximum Gasteiger partial charge on any atom is 0.254 e. The Kier molecular flexibility index (Phi) is 6.94. The van der Waals surface area contributed by atoms with Gasteiger partial charge in [0.15, 0.2) is 0 Å². The van der Waals surface area contributed by atoms with Gasteiger partial charge in [-0.1, -0.05) is 0 Å². The molecule has 2 heterocycles. The van der Waals surface area contributed by atoms with E-state index in [0.29, 0.717) is 6.54 Å². The summed E-state index contributed by atoms with van der Waals surface area (Å²) in [5.41, 5.74) is 0.501. The third-order valence-electron chi connectivity index (χ3n) is 3.58. The Bertz CT molecular complexity index is 449. The molecular weight excluding hydrogens is 364 g/mol. The van der Waals surface area contributed by atoms with Gasteiger partial charge in [-0.25, -0.2) is 0 Å². The number of halogens is 2. The maximum atomic E-state index is 12.6. The molecule has 0 aliphatic carbocycles. The average Bonchev–Trinajstić information content (AvgIpc) is 2.84. The predicted octanol–water partition coefficient (Wildman–Crippen LogP) is 2.66. The second kappa shape index (κ2) is 7.75. The molecule has 7 heteroatoms. The van der Waals surface area contributed by atoms with Gasteiger partial charge in [0.2, 0.25) is 0 Å². The van der Waals surface area contributed by atoms with E-state index in [1.807, 2.05) is 7.05 Å². The first-order valence-corrected chi connectivity index (χ1v) is 7.99. The molecule has 0 radical (unpaired) electrons. The number of likely N-dealkylation sites (N-methyl/N-ethyl adjacent to an activating group) is 1. The summed E-state index contributed by atoms with van der Waals surface area (Å²) in [6, 6.07) is 2.05. The molecule has 0 bridgehead atoms. The molecule has 1 aromatic rings. The minimum absolute atomic E-state index is 0. The summed E-state index contributed by atoms with van der Waals surface area (Å²) in [7, 11) is 3.48. The van der Waals surface area contributed by atoms with Crippen molar-refractivity contribution in [3.05, 3.63) is 20.8 Å². The molecule has 0 spiro atoms. The normalized spacial score (nSPS) is 17.4. The van der Waals surface area contributed by atoms with E-state index in [2.05, 4.69) is 32.7 Å². The van der Waals surface area contributed by atoms with Crippen LogP contribution in [0, 0.1) is 0 Å². The Labute approximate surface area is 138 Å². The fraction of sp³-hybridized carbons (Fsp3) is 0.615. The molecule has 1 aliphatic heterocycles. The number of piperidine rings is 1. The molecule has 114 valence electrons. The number of ether oxygens (including phenoxy) is 1. The van der Waals surface area contributed by atoms with Crippen molar-refractivity contribution in [1.29, 1.82) is 0 Å². The number of amides is 1. The molecule has 1 fully saturated rings. The van der Waals surface area contributed by atoms with Gasteiger partial charge in [-0.3, -0.25) is 4.79 Å². The van der Waals surface area contributed by atoms with Crippen molar-refractivity contribution in [2.75, 3.05) is 27.2 Å². The fourth-order valence-electron chi connectivity index (χ4n) is 2.46. The highest BCUT2D eigenvalue weighted by molar-refractivity contribution is 9.11. The van der Waals surface area contributed by atoms with Crippen molar-refractivity contribution < 1.29 is 9.53 Å². The third-order valence-corrected chi connectivity index (χ3v) is 5.13. The second-order valence-corrected chi connectivity index (χ2v) is 7.16. The van der Waals surface area contributed by atoms with E-state index < -0.39 is 5.60 Å². The van der Waals surface area contributed by atoms with Crippen LogP contribution < -0.4 is 5.32 Å². The summed E-state index contributed by atoms with van der Waals surface area (Å²) in [6.45, 7) is 2.29. The topological polar surface area (TPSA) is 41.6 Å². The molecule has 0 aromatic carbocycles. The van der Waals surface area contributed by atoms with Crippen molar-refractivity contribution in [3.63, 3.8) is 0 Å². The van der Waals surface area contributed by atoms with Crippen LogP contribution in [0.1, 0.15) is 18.4 Å². The molecule has 1 aromatic heterocycles. The minimum atomic E-state index is -0.646. The van der Waals surface area contributed by atoms with Gasteiger partial charge < -0.3 is 15.0 Å². The lowest BCUT2D eigenvalue weighted by Crippen LogP contribution is -2.54. The number of carbonyl (C=O) groups is 1.